The molecule has 2 amide bonds. The van der Waals surface area contributed by atoms with Crippen LogP contribution in [0.3, 0.4) is 0 Å². The van der Waals surface area contributed by atoms with Gasteiger partial charge in [-0.05, 0) is 62.6 Å². The number of sulfonamides is 1. The summed E-state index contributed by atoms with van der Waals surface area (Å²) in [6.07, 6.45) is 1.15. The summed E-state index contributed by atoms with van der Waals surface area (Å²) < 4.78 is 29.6. The molecule has 0 fully saturated rings. The van der Waals surface area contributed by atoms with Crippen molar-refractivity contribution in [3.05, 3.63) is 94.0 Å². The lowest BCUT2D eigenvalue weighted by Crippen LogP contribution is -2.52. The lowest BCUT2D eigenvalue weighted by atomic mass is 10.1. The highest BCUT2D eigenvalue weighted by Gasteiger charge is 2.33. The van der Waals surface area contributed by atoms with Gasteiger partial charge in [-0.25, -0.2) is 8.42 Å². The van der Waals surface area contributed by atoms with E-state index >= 15 is 0 Å². The molecule has 0 saturated heterocycles. The van der Waals surface area contributed by atoms with Crippen LogP contribution in [0.25, 0.3) is 0 Å². The fraction of sp³-hybridized carbons (Fsp3) is 0.333. The second-order valence-electron chi connectivity index (χ2n) is 9.53. The van der Waals surface area contributed by atoms with Gasteiger partial charge in [0.1, 0.15) is 12.6 Å². The molecule has 0 aromatic heterocycles. The van der Waals surface area contributed by atoms with Crippen molar-refractivity contribution >= 4 is 43.5 Å². The topological polar surface area (TPSA) is 86.8 Å². The third-order valence-corrected chi connectivity index (χ3v) is 8.67. The Morgan fingerprint density at radius 3 is 2.10 bits per heavy atom. The fourth-order valence-corrected chi connectivity index (χ4v) is 5.97. The van der Waals surface area contributed by atoms with Crippen molar-refractivity contribution in [2.75, 3.05) is 17.4 Å². The van der Waals surface area contributed by atoms with E-state index in [0.29, 0.717) is 23.1 Å². The first-order valence-electron chi connectivity index (χ1n) is 13.0. The number of hydrogen-bond acceptors (Lipinski definition) is 4. The number of nitrogens with zero attached hydrogens (tertiary/aromatic N) is 2. The molecule has 0 radical (unpaired) electrons. The van der Waals surface area contributed by atoms with Crippen LogP contribution in [0.4, 0.5) is 5.69 Å². The van der Waals surface area contributed by atoms with Crippen molar-refractivity contribution in [2.45, 2.75) is 58.0 Å². The minimum Gasteiger partial charge on any atom is -0.354 e. The molecule has 3 rings (SSSR count). The van der Waals surface area contributed by atoms with Gasteiger partial charge in [-0.2, -0.15) is 0 Å². The van der Waals surface area contributed by atoms with Crippen LogP contribution < -0.4 is 9.62 Å². The van der Waals surface area contributed by atoms with E-state index in [0.717, 1.165) is 27.4 Å². The SMILES string of the molecule is CCCNC(=O)C(CC)N(Cc1ccc(C)cc1)C(=O)CN(c1cccc(Br)c1)S(=O)(=O)c1ccc(C)cc1. The van der Waals surface area contributed by atoms with Crippen LogP contribution in [0.5, 0.6) is 0 Å². The van der Waals surface area contributed by atoms with Crippen molar-refractivity contribution < 1.29 is 18.0 Å². The van der Waals surface area contributed by atoms with Crippen LogP contribution in [0.1, 0.15) is 43.4 Å². The maximum absolute atomic E-state index is 14.0. The zero-order valence-corrected chi connectivity index (χ0v) is 25.3. The second-order valence-corrected chi connectivity index (χ2v) is 12.3. The lowest BCUT2D eigenvalue weighted by molar-refractivity contribution is -0.140. The van der Waals surface area contributed by atoms with Gasteiger partial charge in [-0.3, -0.25) is 13.9 Å². The summed E-state index contributed by atoms with van der Waals surface area (Å²) in [5.41, 5.74) is 3.20. The Hall–Kier alpha value is -3.17. The third-order valence-electron chi connectivity index (χ3n) is 6.39. The molecule has 9 heteroatoms. The number of carbonyl (C=O) groups is 2. The Bertz CT molecular complexity index is 1380. The van der Waals surface area contributed by atoms with Crippen LogP contribution in [0.15, 0.2) is 82.2 Å². The molecule has 208 valence electrons. The number of carbonyl (C=O) groups excluding carboxylic acids is 2. The Morgan fingerprint density at radius 1 is 0.923 bits per heavy atom. The minimum absolute atomic E-state index is 0.0821. The van der Waals surface area contributed by atoms with E-state index in [1.807, 2.05) is 52.0 Å². The predicted octanol–water partition coefficient (Wildman–Crippen LogP) is 5.59. The Labute approximate surface area is 240 Å². The molecular weight excluding hydrogens is 578 g/mol. The van der Waals surface area contributed by atoms with Gasteiger partial charge in [-0.15, -0.1) is 0 Å². The standard InChI is InChI=1S/C30H36BrN3O4S/c1-5-18-32-30(36)28(6-2)33(20-24-14-10-22(3)11-15-24)29(35)21-34(26-9-7-8-25(31)19-26)39(37,38)27-16-12-23(4)13-17-27/h7-17,19,28H,5-6,18,20-21H2,1-4H3,(H,32,36). The fourth-order valence-electron chi connectivity index (χ4n) is 4.17. The summed E-state index contributed by atoms with van der Waals surface area (Å²) in [7, 11) is -4.10. The maximum Gasteiger partial charge on any atom is 0.264 e. The van der Waals surface area contributed by atoms with Gasteiger partial charge in [0.15, 0.2) is 0 Å². The van der Waals surface area contributed by atoms with E-state index in [1.165, 1.54) is 17.0 Å². The van der Waals surface area contributed by atoms with Gasteiger partial charge in [0, 0.05) is 17.6 Å². The van der Waals surface area contributed by atoms with Gasteiger partial charge in [0.05, 0.1) is 10.6 Å². The highest BCUT2D eigenvalue weighted by Crippen LogP contribution is 2.27. The minimum atomic E-state index is -4.10. The van der Waals surface area contributed by atoms with Crippen LogP contribution in [0.2, 0.25) is 0 Å². The van der Waals surface area contributed by atoms with E-state index in [2.05, 4.69) is 21.2 Å². The molecule has 0 aliphatic heterocycles. The molecular formula is C30H36BrN3O4S. The Kier molecular flexibility index (Phi) is 10.7. The molecule has 1 N–H and O–H groups in total. The van der Waals surface area contributed by atoms with Gasteiger partial charge in [0.25, 0.3) is 10.0 Å². The summed E-state index contributed by atoms with van der Waals surface area (Å²) in [4.78, 5) is 28.7. The van der Waals surface area contributed by atoms with Gasteiger partial charge in [-0.1, -0.05) is 83.4 Å². The van der Waals surface area contributed by atoms with Crippen LogP contribution in [-0.4, -0.2) is 44.3 Å². The first-order valence-corrected chi connectivity index (χ1v) is 15.3. The Morgan fingerprint density at radius 2 is 1.54 bits per heavy atom. The van der Waals surface area contributed by atoms with Crippen LogP contribution >= 0.6 is 15.9 Å². The first kappa shape index (κ1) is 30.4. The predicted molar refractivity (Wildman–Crippen MR) is 159 cm³/mol. The van der Waals surface area contributed by atoms with Gasteiger partial charge >= 0.3 is 0 Å². The van der Waals surface area contributed by atoms with Crippen molar-refractivity contribution in [1.29, 1.82) is 0 Å². The average molecular weight is 615 g/mol. The monoisotopic (exact) mass is 613 g/mol. The molecule has 1 atom stereocenters. The van der Waals surface area contributed by atoms with Crippen molar-refractivity contribution in [3.8, 4) is 0 Å². The first-order chi connectivity index (χ1) is 18.6. The van der Waals surface area contributed by atoms with Crippen LogP contribution in [0, 0.1) is 13.8 Å². The highest BCUT2D eigenvalue weighted by molar-refractivity contribution is 9.10. The number of amides is 2. The molecule has 1 unspecified atom stereocenters. The molecule has 0 aliphatic rings. The largest absolute Gasteiger partial charge is 0.354 e. The summed E-state index contributed by atoms with van der Waals surface area (Å²) in [5.74, 6) is -0.722. The number of nitrogens with one attached hydrogen (secondary N) is 1. The van der Waals surface area contributed by atoms with Crippen molar-refractivity contribution in [2.24, 2.45) is 0 Å². The molecule has 0 bridgehead atoms. The molecule has 7 nitrogen and oxygen atoms in total. The number of anilines is 1. The van der Waals surface area contributed by atoms with E-state index < -0.39 is 28.5 Å². The zero-order chi connectivity index (χ0) is 28.6. The average Bonchev–Trinajstić information content (AvgIpc) is 2.91. The summed E-state index contributed by atoms with van der Waals surface area (Å²) in [5, 5.41) is 2.90. The van der Waals surface area contributed by atoms with E-state index in [-0.39, 0.29) is 17.3 Å². The molecule has 3 aromatic rings. The summed E-state index contributed by atoms with van der Waals surface area (Å²) >= 11 is 3.42. The lowest BCUT2D eigenvalue weighted by Gasteiger charge is -2.33. The van der Waals surface area contributed by atoms with E-state index in [1.54, 1.807) is 36.4 Å². The second kappa shape index (κ2) is 13.8. The quantitative estimate of drug-likeness (QED) is 0.288. The molecule has 0 heterocycles. The normalized spacial score (nSPS) is 12.0. The number of aryl methyl sites for hydroxylation is 2. The molecule has 0 saturated carbocycles. The number of rotatable bonds is 12. The Balaban J connectivity index is 2.04. The highest BCUT2D eigenvalue weighted by atomic mass is 79.9. The van der Waals surface area contributed by atoms with Crippen molar-refractivity contribution in [1.82, 2.24) is 10.2 Å². The van der Waals surface area contributed by atoms with Crippen molar-refractivity contribution in [3.63, 3.8) is 0 Å². The van der Waals surface area contributed by atoms with Gasteiger partial charge in [0.2, 0.25) is 11.8 Å². The summed E-state index contributed by atoms with van der Waals surface area (Å²) in [6.45, 7) is 7.87. The maximum atomic E-state index is 14.0. The molecule has 39 heavy (non-hydrogen) atoms. The van der Waals surface area contributed by atoms with Gasteiger partial charge < -0.3 is 10.2 Å². The molecule has 3 aromatic carbocycles. The number of benzene rings is 3. The van der Waals surface area contributed by atoms with E-state index in [4.69, 9.17) is 0 Å². The van der Waals surface area contributed by atoms with E-state index in [9.17, 15) is 18.0 Å². The molecule has 0 spiro atoms. The zero-order valence-electron chi connectivity index (χ0n) is 22.9. The molecule has 0 aliphatic carbocycles. The number of halogens is 1. The smallest absolute Gasteiger partial charge is 0.264 e. The van der Waals surface area contributed by atoms with Crippen LogP contribution in [-0.2, 0) is 26.2 Å². The summed E-state index contributed by atoms with van der Waals surface area (Å²) in [6, 6.07) is 20.3. The third kappa shape index (κ3) is 7.92. The number of hydrogen-bond donors (Lipinski definition) is 1.